The average Bonchev–Trinajstić information content (AvgIpc) is 2.97. The van der Waals surface area contributed by atoms with Gasteiger partial charge in [-0.3, -0.25) is 4.79 Å². The summed E-state index contributed by atoms with van der Waals surface area (Å²) in [5.74, 6) is -0.371. The van der Waals surface area contributed by atoms with Crippen LogP contribution in [0.5, 0.6) is 0 Å². The minimum absolute atomic E-state index is 0.0477. The average molecular weight is 272 g/mol. The molecule has 3 nitrogen and oxygen atoms in total. The molecule has 0 saturated carbocycles. The Hall–Kier alpha value is -1.94. The Kier molecular flexibility index (Phi) is 3.65. The number of nitrogens with one attached hydrogen (secondary N) is 1. The Bertz CT molecular complexity index is 597. The molecule has 1 saturated heterocycles. The van der Waals surface area contributed by atoms with E-state index in [1.54, 1.807) is 0 Å². The van der Waals surface area contributed by atoms with Crippen LogP contribution in [-0.4, -0.2) is 23.4 Å². The minimum atomic E-state index is -0.324. The molecule has 2 heterocycles. The van der Waals surface area contributed by atoms with Gasteiger partial charge in [0.15, 0.2) is 0 Å². The molecule has 4 heteroatoms. The molecule has 1 N–H and O–H groups in total. The molecule has 0 amide bonds. The Labute approximate surface area is 117 Å². The molecule has 0 unspecified atom stereocenters. The van der Waals surface area contributed by atoms with Gasteiger partial charge in [0.2, 0.25) is 5.78 Å². The van der Waals surface area contributed by atoms with Gasteiger partial charge in [-0.25, -0.2) is 4.39 Å². The molecule has 2 aromatic rings. The van der Waals surface area contributed by atoms with E-state index in [-0.39, 0.29) is 11.6 Å². The van der Waals surface area contributed by atoms with Gasteiger partial charge in [-0.15, -0.1) is 0 Å². The monoisotopic (exact) mass is 272 g/mol. The normalized spacial score (nSPS) is 16.2. The molecule has 0 atom stereocenters. The number of ketones is 1. The third kappa shape index (κ3) is 2.51. The zero-order valence-corrected chi connectivity index (χ0v) is 11.2. The van der Waals surface area contributed by atoms with Crippen LogP contribution >= 0.6 is 0 Å². The van der Waals surface area contributed by atoms with E-state index in [1.807, 2.05) is 18.3 Å². The highest BCUT2D eigenvalue weighted by Gasteiger charge is 2.20. The number of benzene rings is 1. The molecule has 20 heavy (non-hydrogen) atoms. The zero-order chi connectivity index (χ0) is 13.9. The van der Waals surface area contributed by atoms with Crippen LogP contribution in [0, 0.1) is 5.82 Å². The van der Waals surface area contributed by atoms with Crippen LogP contribution in [0.15, 0.2) is 42.6 Å². The van der Waals surface area contributed by atoms with Gasteiger partial charge < -0.3 is 9.88 Å². The van der Waals surface area contributed by atoms with Crippen LogP contribution in [0.1, 0.15) is 34.9 Å². The first-order valence-corrected chi connectivity index (χ1v) is 6.93. The van der Waals surface area contributed by atoms with Crippen molar-refractivity contribution in [1.29, 1.82) is 0 Å². The van der Waals surface area contributed by atoms with E-state index in [2.05, 4.69) is 9.88 Å². The van der Waals surface area contributed by atoms with Crippen molar-refractivity contribution in [3.05, 3.63) is 59.7 Å². The SMILES string of the molecule is O=C(c1ccc(F)cc1)c1cccn1C1CCNCC1. The number of nitrogens with zero attached hydrogens (tertiary/aromatic N) is 1. The summed E-state index contributed by atoms with van der Waals surface area (Å²) in [7, 11) is 0. The van der Waals surface area contributed by atoms with Crippen LogP contribution < -0.4 is 5.32 Å². The predicted molar refractivity (Wildman–Crippen MR) is 75.4 cm³/mol. The Morgan fingerprint density at radius 2 is 1.85 bits per heavy atom. The van der Waals surface area contributed by atoms with E-state index < -0.39 is 0 Å². The maximum Gasteiger partial charge on any atom is 0.209 e. The molecular weight excluding hydrogens is 255 g/mol. The summed E-state index contributed by atoms with van der Waals surface area (Å²) in [4.78, 5) is 12.5. The molecule has 1 aliphatic rings. The van der Waals surface area contributed by atoms with Gasteiger partial charge in [0, 0.05) is 17.8 Å². The summed E-state index contributed by atoms with van der Waals surface area (Å²) in [5, 5.41) is 3.32. The summed E-state index contributed by atoms with van der Waals surface area (Å²) in [6.45, 7) is 1.96. The first-order valence-electron chi connectivity index (χ1n) is 6.93. The van der Waals surface area contributed by atoms with Crippen molar-refractivity contribution in [2.45, 2.75) is 18.9 Å². The fourth-order valence-corrected chi connectivity index (χ4v) is 2.74. The number of halogens is 1. The minimum Gasteiger partial charge on any atom is -0.342 e. The van der Waals surface area contributed by atoms with Crippen molar-refractivity contribution >= 4 is 5.78 Å². The summed E-state index contributed by atoms with van der Waals surface area (Å²) >= 11 is 0. The third-order valence-electron chi connectivity index (χ3n) is 3.82. The summed E-state index contributed by atoms with van der Waals surface area (Å²) < 4.78 is 15.0. The van der Waals surface area contributed by atoms with E-state index in [0.717, 1.165) is 25.9 Å². The lowest BCUT2D eigenvalue weighted by atomic mass is 10.0. The summed E-state index contributed by atoms with van der Waals surface area (Å²) in [6, 6.07) is 9.84. The molecular formula is C16H17FN2O. The standard InChI is InChI=1S/C16H17FN2O/c17-13-5-3-12(4-6-13)16(20)15-2-1-11-19(15)14-7-9-18-10-8-14/h1-6,11,14,18H,7-10H2. The van der Waals surface area contributed by atoms with Crippen molar-refractivity contribution in [2.75, 3.05) is 13.1 Å². The second kappa shape index (κ2) is 5.59. The van der Waals surface area contributed by atoms with Crippen molar-refractivity contribution in [2.24, 2.45) is 0 Å². The first-order chi connectivity index (χ1) is 9.75. The Morgan fingerprint density at radius 1 is 1.15 bits per heavy atom. The second-order valence-corrected chi connectivity index (χ2v) is 5.12. The number of carbonyl (C=O) groups excluding carboxylic acids is 1. The fraction of sp³-hybridized carbons (Fsp3) is 0.312. The highest BCUT2D eigenvalue weighted by molar-refractivity contribution is 6.08. The van der Waals surface area contributed by atoms with Crippen LogP contribution in [0.4, 0.5) is 4.39 Å². The lowest BCUT2D eigenvalue weighted by Gasteiger charge is -2.25. The van der Waals surface area contributed by atoms with Gasteiger partial charge in [0.25, 0.3) is 0 Å². The number of carbonyl (C=O) groups is 1. The number of rotatable bonds is 3. The van der Waals surface area contributed by atoms with Crippen LogP contribution in [0.25, 0.3) is 0 Å². The first kappa shape index (κ1) is 13.1. The lowest BCUT2D eigenvalue weighted by molar-refractivity contribution is 0.102. The van der Waals surface area contributed by atoms with Crippen molar-refractivity contribution in [3.8, 4) is 0 Å². The number of hydrogen-bond acceptors (Lipinski definition) is 2. The number of hydrogen-bond donors (Lipinski definition) is 1. The molecule has 0 spiro atoms. The van der Waals surface area contributed by atoms with Gasteiger partial charge in [-0.1, -0.05) is 0 Å². The third-order valence-corrected chi connectivity index (χ3v) is 3.82. The highest BCUT2D eigenvalue weighted by atomic mass is 19.1. The van der Waals surface area contributed by atoms with E-state index in [0.29, 0.717) is 17.3 Å². The highest BCUT2D eigenvalue weighted by Crippen LogP contribution is 2.23. The Morgan fingerprint density at radius 3 is 2.55 bits per heavy atom. The van der Waals surface area contributed by atoms with E-state index in [1.165, 1.54) is 24.3 Å². The molecule has 0 radical (unpaired) electrons. The molecule has 1 aromatic carbocycles. The molecule has 1 aromatic heterocycles. The Balaban J connectivity index is 1.88. The predicted octanol–water partition coefficient (Wildman–Crippen LogP) is 2.78. The van der Waals surface area contributed by atoms with Crippen molar-refractivity contribution in [1.82, 2.24) is 9.88 Å². The summed E-state index contributed by atoms with van der Waals surface area (Å²) in [6.07, 6.45) is 4.02. The molecule has 0 aliphatic carbocycles. The van der Waals surface area contributed by atoms with Gasteiger partial charge >= 0.3 is 0 Å². The largest absolute Gasteiger partial charge is 0.342 e. The van der Waals surface area contributed by atoms with Crippen LogP contribution in [0.3, 0.4) is 0 Å². The zero-order valence-electron chi connectivity index (χ0n) is 11.2. The quantitative estimate of drug-likeness (QED) is 0.872. The van der Waals surface area contributed by atoms with E-state index in [9.17, 15) is 9.18 Å². The van der Waals surface area contributed by atoms with Crippen LogP contribution in [-0.2, 0) is 0 Å². The van der Waals surface area contributed by atoms with Gasteiger partial charge in [-0.05, 0) is 62.3 Å². The van der Waals surface area contributed by atoms with Gasteiger partial charge in [0.05, 0.1) is 5.69 Å². The fourth-order valence-electron chi connectivity index (χ4n) is 2.74. The smallest absolute Gasteiger partial charge is 0.209 e. The van der Waals surface area contributed by atoms with Crippen molar-refractivity contribution in [3.63, 3.8) is 0 Å². The van der Waals surface area contributed by atoms with Crippen molar-refractivity contribution < 1.29 is 9.18 Å². The van der Waals surface area contributed by atoms with Gasteiger partial charge in [0.1, 0.15) is 5.82 Å². The summed E-state index contributed by atoms with van der Waals surface area (Å²) in [5.41, 5.74) is 1.21. The van der Waals surface area contributed by atoms with Crippen LogP contribution in [0.2, 0.25) is 0 Å². The lowest BCUT2D eigenvalue weighted by Crippen LogP contribution is -2.30. The number of aromatic nitrogens is 1. The maximum atomic E-state index is 12.9. The number of piperidine rings is 1. The molecule has 1 fully saturated rings. The van der Waals surface area contributed by atoms with E-state index >= 15 is 0 Å². The maximum absolute atomic E-state index is 12.9. The van der Waals surface area contributed by atoms with E-state index in [4.69, 9.17) is 0 Å². The topological polar surface area (TPSA) is 34.0 Å². The molecule has 104 valence electrons. The molecule has 1 aliphatic heterocycles. The van der Waals surface area contributed by atoms with Gasteiger partial charge in [-0.2, -0.15) is 0 Å². The molecule has 0 bridgehead atoms. The molecule has 3 rings (SSSR count). The second-order valence-electron chi connectivity index (χ2n) is 5.12.